The molecule has 1 amide bonds. The van der Waals surface area contributed by atoms with E-state index in [-0.39, 0.29) is 0 Å². The van der Waals surface area contributed by atoms with Crippen LogP contribution in [0.5, 0.6) is 0 Å². The number of likely N-dealkylation sites (tertiary alicyclic amines) is 2. The molecule has 0 aromatic heterocycles. The molecule has 3 aliphatic rings. The molecular weight excluding hydrogens is 320 g/mol. The Balaban J connectivity index is 1.37. The molecule has 142 valence electrons. The number of hydrogen-bond acceptors (Lipinski definition) is 2. The molecule has 0 N–H and O–H groups in total. The molecule has 26 heavy (non-hydrogen) atoms. The summed E-state index contributed by atoms with van der Waals surface area (Å²) in [6, 6.07) is 8.91. The van der Waals surface area contributed by atoms with Crippen LogP contribution in [0.2, 0.25) is 0 Å². The van der Waals surface area contributed by atoms with Crippen LogP contribution in [0.15, 0.2) is 24.3 Å². The van der Waals surface area contributed by atoms with E-state index in [1.54, 1.807) is 0 Å². The van der Waals surface area contributed by atoms with Crippen LogP contribution in [-0.2, 0) is 11.3 Å². The van der Waals surface area contributed by atoms with Gasteiger partial charge in [0, 0.05) is 37.5 Å². The molecule has 2 aliphatic heterocycles. The normalized spacial score (nSPS) is 28.0. The third-order valence-electron chi connectivity index (χ3n) is 6.93. The van der Waals surface area contributed by atoms with Gasteiger partial charge in [0.1, 0.15) is 0 Å². The van der Waals surface area contributed by atoms with Crippen LogP contribution in [0.25, 0.3) is 0 Å². The zero-order valence-corrected chi connectivity index (χ0v) is 16.4. The molecule has 2 saturated heterocycles. The molecule has 0 radical (unpaired) electrons. The fourth-order valence-electron chi connectivity index (χ4n) is 5.58. The van der Waals surface area contributed by atoms with Gasteiger partial charge in [-0.15, -0.1) is 0 Å². The summed E-state index contributed by atoms with van der Waals surface area (Å²) >= 11 is 0. The van der Waals surface area contributed by atoms with E-state index in [2.05, 4.69) is 41.0 Å². The topological polar surface area (TPSA) is 23.6 Å². The first kappa shape index (κ1) is 18.0. The summed E-state index contributed by atoms with van der Waals surface area (Å²) in [7, 11) is 0. The lowest BCUT2D eigenvalue weighted by Crippen LogP contribution is -2.45. The van der Waals surface area contributed by atoms with E-state index in [0.717, 1.165) is 39.0 Å². The highest BCUT2D eigenvalue weighted by atomic mass is 16.2. The predicted octanol–water partition coefficient (Wildman–Crippen LogP) is 4.39. The van der Waals surface area contributed by atoms with E-state index < -0.39 is 0 Å². The van der Waals surface area contributed by atoms with Crippen LogP contribution < -0.4 is 0 Å². The van der Waals surface area contributed by atoms with E-state index >= 15 is 0 Å². The third-order valence-corrected chi connectivity index (χ3v) is 6.93. The Bertz CT molecular complexity index is 637. The van der Waals surface area contributed by atoms with E-state index in [0.29, 0.717) is 17.2 Å². The summed E-state index contributed by atoms with van der Waals surface area (Å²) in [6.07, 6.45) is 9.85. The molecular formula is C23H34N2O. The fourth-order valence-corrected chi connectivity index (χ4v) is 5.58. The van der Waals surface area contributed by atoms with Gasteiger partial charge >= 0.3 is 0 Å². The number of aryl methyl sites for hydroxylation is 1. The number of nitrogens with zero attached hydrogens (tertiary/aromatic N) is 2. The Morgan fingerprint density at radius 3 is 2.73 bits per heavy atom. The molecule has 1 atom stereocenters. The number of carbonyl (C=O) groups excluding carboxylic acids is 1. The first-order valence-electron chi connectivity index (χ1n) is 10.7. The largest absolute Gasteiger partial charge is 0.342 e. The van der Waals surface area contributed by atoms with Crippen LogP contribution in [0.1, 0.15) is 62.5 Å². The van der Waals surface area contributed by atoms with Gasteiger partial charge in [0.2, 0.25) is 5.91 Å². The molecule has 2 heterocycles. The molecule has 3 heteroatoms. The highest BCUT2D eigenvalue weighted by molar-refractivity contribution is 5.79. The molecule has 1 unspecified atom stereocenters. The number of piperidine rings is 1. The van der Waals surface area contributed by atoms with Gasteiger partial charge in [-0.05, 0) is 51.1 Å². The number of carbonyl (C=O) groups is 1. The number of rotatable bonds is 3. The first-order chi connectivity index (χ1) is 12.6. The van der Waals surface area contributed by atoms with Crippen molar-refractivity contribution in [3.05, 3.63) is 35.4 Å². The minimum atomic E-state index is 0.325. The van der Waals surface area contributed by atoms with Gasteiger partial charge in [-0.3, -0.25) is 9.69 Å². The zero-order chi connectivity index (χ0) is 18.0. The maximum absolute atomic E-state index is 12.9. The lowest BCUT2D eigenvalue weighted by molar-refractivity contribution is -0.136. The van der Waals surface area contributed by atoms with Crippen molar-refractivity contribution < 1.29 is 4.79 Å². The smallest absolute Gasteiger partial charge is 0.225 e. The second kappa shape index (κ2) is 7.72. The molecule has 1 aliphatic carbocycles. The summed E-state index contributed by atoms with van der Waals surface area (Å²) in [5, 5.41) is 0. The molecule has 1 saturated carbocycles. The van der Waals surface area contributed by atoms with Crippen LogP contribution in [0.3, 0.4) is 0 Å². The van der Waals surface area contributed by atoms with Crippen LogP contribution >= 0.6 is 0 Å². The van der Waals surface area contributed by atoms with Crippen molar-refractivity contribution >= 4 is 5.91 Å². The quantitative estimate of drug-likeness (QED) is 0.804. The Hall–Kier alpha value is -1.35. The second-order valence-electron chi connectivity index (χ2n) is 9.15. The van der Waals surface area contributed by atoms with Crippen molar-refractivity contribution in [1.82, 2.24) is 9.80 Å². The van der Waals surface area contributed by atoms with Crippen LogP contribution in [-0.4, -0.2) is 41.9 Å². The molecule has 1 aromatic carbocycles. The Kier molecular flexibility index (Phi) is 5.35. The van der Waals surface area contributed by atoms with Crippen molar-refractivity contribution in [1.29, 1.82) is 0 Å². The SMILES string of the molecule is Cc1cccc(CN2CCCC3(CCN(C(=O)C4CCCCC4)C3)C2)c1. The summed E-state index contributed by atoms with van der Waals surface area (Å²) < 4.78 is 0. The summed E-state index contributed by atoms with van der Waals surface area (Å²) in [5.74, 6) is 0.795. The number of benzene rings is 1. The molecule has 1 aromatic rings. The van der Waals surface area contributed by atoms with E-state index in [9.17, 15) is 4.79 Å². The van der Waals surface area contributed by atoms with Gasteiger partial charge in [-0.1, -0.05) is 49.1 Å². The summed E-state index contributed by atoms with van der Waals surface area (Å²) in [5.41, 5.74) is 3.13. The van der Waals surface area contributed by atoms with Crippen molar-refractivity contribution in [2.24, 2.45) is 11.3 Å². The zero-order valence-electron chi connectivity index (χ0n) is 16.4. The van der Waals surface area contributed by atoms with Crippen molar-refractivity contribution in [2.75, 3.05) is 26.2 Å². The highest BCUT2D eigenvalue weighted by Crippen LogP contribution is 2.40. The first-order valence-corrected chi connectivity index (χ1v) is 10.7. The molecule has 1 spiro atoms. The van der Waals surface area contributed by atoms with Gasteiger partial charge in [-0.25, -0.2) is 0 Å². The Morgan fingerprint density at radius 2 is 1.92 bits per heavy atom. The maximum atomic E-state index is 12.9. The second-order valence-corrected chi connectivity index (χ2v) is 9.15. The summed E-state index contributed by atoms with van der Waals surface area (Å²) in [4.78, 5) is 17.8. The van der Waals surface area contributed by atoms with Crippen molar-refractivity contribution in [2.45, 2.75) is 64.8 Å². The average Bonchev–Trinajstić information content (AvgIpc) is 3.05. The fraction of sp³-hybridized carbons (Fsp3) is 0.696. The van der Waals surface area contributed by atoms with Crippen molar-refractivity contribution in [3.8, 4) is 0 Å². The monoisotopic (exact) mass is 354 g/mol. The van der Waals surface area contributed by atoms with Gasteiger partial charge in [0.15, 0.2) is 0 Å². The van der Waals surface area contributed by atoms with Gasteiger partial charge in [-0.2, -0.15) is 0 Å². The number of amides is 1. The highest BCUT2D eigenvalue weighted by Gasteiger charge is 2.43. The van der Waals surface area contributed by atoms with E-state index in [1.165, 1.54) is 56.2 Å². The molecule has 3 nitrogen and oxygen atoms in total. The van der Waals surface area contributed by atoms with Gasteiger partial charge < -0.3 is 4.90 Å². The maximum Gasteiger partial charge on any atom is 0.225 e. The molecule has 3 fully saturated rings. The van der Waals surface area contributed by atoms with Gasteiger partial charge in [0.05, 0.1) is 0 Å². The number of hydrogen-bond donors (Lipinski definition) is 0. The minimum absolute atomic E-state index is 0.325. The average molecular weight is 355 g/mol. The molecule has 4 rings (SSSR count). The van der Waals surface area contributed by atoms with E-state index in [1.807, 2.05) is 0 Å². The molecule has 0 bridgehead atoms. The lowest BCUT2D eigenvalue weighted by atomic mass is 9.79. The summed E-state index contributed by atoms with van der Waals surface area (Å²) in [6.45, 7) is 7.59. The van der Waals surface area contributed by atoms with Crippen LogP contribution in [0, 0.1) is 18.3 Å². The Morgan fingerprint density at radius 1 is 1.08 bits per heavy atom. The lowest BCUT2D eigenvalue weighted by Gasteiger charge is -2.40. The van der Waals surface area contributed by atoms with Crippen LogP contribution in [0.4, 0.5) is 0 Å². The standard InChI is InChI=1S/C23H34N2O/c1-19-7-5-8-20(15-19)16-24-13-6-11-23(17-24)12-14-25(18-23)22(26)21-9-3-2-4-10-21/h5,7-8,15,21H,2-4,6,9-14,16-18H2,1H3. The minimum Gasteiger partial charge on any atom is -0.342 e. The van der Waals surface area contributed by atoms with Crippen molar-refractivity contribution in [3.63, 3.8) is 0 Å². The Labute approximate surface area is 158 Å². The van der Waals surface area contributed by atoms with Gasteiger partial charge in [0.25, 0.3) is 0 Å². The van der Waals surface area contributed by atoms with E-state index in [4.69, 9.17) is 0 Å². The third kappa shape index (κ3) is 3.98. The predicted molar refractivity (Wildman–Crippen MR) is 106 cm³/mol.